The summed E-state index contributed by atoms with van der Waals surface area (Å²) in [5.41, 5.74) is 12.1. The highest BCUT2D eigenvalue weighted by Gasteiger charge is 2.17. The van der Waals surface area contributed by atoms with Gasteiger partial charge >= 0.3 is 0 Å². The quantitative estimate of drug-likeness (QED) is 0.521. The number of fused-ring (bicyclic) bond motifs is 3. The molecule has 0 saturated heterocycles. The molecule has 4 N–H and O–H groups in total. The molecule has 0 aliphatic heterocycles. The Morgan fingerprint density at radius 2 is 2.16 bits per heavy atom. The molecule has 1 aromatic carbocycles. The van der Waals surface area contributed by atoms with Crippen LogP contribution in [-0.2, 0) is 0 Å². The summed E-state index contributed by atoms with van der Waals surface area (Å²) in [5, 5.41) is 4.33. The first kappa shape index (κ1) is 15.6. The number of aromatic amines is 1. The molecule has 0 aliphatic rings. The topological polar surface area (TPSA) is 96.7 Å². The zero-order valence-corrected chi connectivity index (χ0v) is 14.6. The summed E-state index contributed by atoms with van der Waals surface area (Å²) >= 11 is 1.60. The lowest BCUT2D eigenvalue weighted by Crippen LogP contribution is -2.18. The van der Waals surface area contributed by atoms with Crippen LogP contribution in [0.3, 0.4) is 0 Å². The minimum Gasteiger partial charge on any atom is -0.380 e. The first-order chi connectivity index (χ1) is 12.0. The lowest BCUT2D eigenvalue weighted by Gasteiger charge is -2.13. The average Bonchev–Trinajstić information content (AvgIpc) is 3.21. The fraction of sp³-hybridized carbons (Fsp3) is 0.167. The Morgan fingerprint density at radius 3 is 2.84 bits per heavy atom. The van der Waals surface area contributed by atoms with Crippen LogP contribution in [-0.4, -0.2) is 26.9 Å². The first-order valence-corrected chi connectivity index (χ1v) is 8.82. The van der Waals surface area contributed by atoms with Crippen LogP contribution in [0.5, 0.6) is 0 Å². The van der Waals surface area contributed by atoms with Crippen LogP contribution >= 0.6 is 11.3 Å². The number of nitrogens with two attached hydrogens (primary N) is 1. The summed E-state index contributed by atoms with van der Waals surface area (Å²) in [6, 6.07) is 6.33. The van der Waals surface area contributed by atoms with Crippen LogP contribution in [0.25, 0.3) is 32.4 Å². The predicted octanol–water partition coefficient (Wildman–Crippen LogP) is 3.76. The molecule has 0 radical (unpaired) electrons. The van der Waals surface area contributed by atoms with Crippen LogP contribution < -0.4 is 11.1 Å². The highest BCUT2D eigenvalue weighted by molar-refractivity contribution is 7.13. The molecule has 1 amide bonds. The molecular formula is C18H17N5OS. The number of benzene rings is 1. The van der Waals surface area contributed by atoms with Crippen LogP contribution in [0.4, 0.5) is 5.69 Å². The van der Waals surface area contributed by atoms with Crippen molar-refractivity contribution in [2.75, 3.05) is 5.32 Å². The third kappa shape index (κ3) is 2.62. The van der Waals surface area contributed by atoms with Gasteiger partial charge in [-0.3, -0.25) is 14.8 Å². The highest BCUT2D eigenvalue weighted by atomic mass is 32.1. The van der Waals surface area contributed by atoms with E-state index in [1.807, 2.05) is 31.6 Å². The minimum atomic E-state index is -0.499. The molecule has 0 saturated carbocycles. The van der Waals surface area contributed by atoms with Crippen LogP contribution in [0, 0.1) is 0 Å². The smallest absolute Gasteiger partial charge is 0.252 e. The fourth-order valence-electron chi connectivity index (χ4n) is 2.96. The van der Waals surface area contributed by atoms with Gasteiger partial charge in [-0.15, -0.1) is 11.3 Å². The van der Waals surface area contributed by atoms with Gasteiger partial charge in [0.15, 0.2) is 0 Å². The Kier molecular flexibility index (Phi) is 3.65. The molecule has 0 fully saturated rings. The molecule has 7 heteroatoms. The van der Waals surface area contributed by atoms with Crippen molar-refractivity contribution in [2.24, 2.45) is 5.73 Å². The number of hydrogen-bond donors (Lipinski definition) is 3. The van der Waals surface area contributed by atoms with Gasteiger partial charge in [0.1, 0.15) is 0 Å². The number of carbonyl (C=O) groups is 1. The van der Waals surface area contributed by atoms with Crippen molar-refractivity contribution >= 4 is 44.9 Å². The summed E-state index contributed by atoms with van der Waals surface area (Å²) in [6.07, 6.45) is 3.39. The van der Waals surface area contributed by atoms with Crippen molar-refractivity contribution in [2.45, 2.75) is 19.9 Å². The molecule has 0 bridgehead atoms. The lowest BCUT2D eigenvalue weighted by atomic mass is 10.1. The molecular weight excluding hydrogens is 334 g/mol. The maximum atomic E-state index is 11.8. The van der Waals surface area contributed by atoms with Gasteiger partial charge in [-0.2, -0.15) is 0 Å². The number of anilines is 1. The van der Waals surface area contributed by atoms with Crippen molar-refractivity contribution in [3.8, 4) is 10.4 Å². The summed E-state index contributed by atoms with van der Waals surface area (Å²) in [6.45, 7) is 4.03. The monoisotopic (exact) mass is 351 g/mol. The van der Waals surface area contributed by atoms with E-state index in [0.29, 0.717) is 11.3 Å². The van der Waals surface area contributed by atoms with Crippen molar-refractivity contribution in [3.05, 3.63) is 41.7 Å². The zero-order chi connectivity index (χ0) is 17.6. The normalized spacial score (nSPS) is 11.5. The Hall–Kier alpha value is -2.93. The van der Waals surface area contributed by atoms with E-state index >= 15 is 0 Å². The lowest BCUT2D eigenvalue weighted by molar-refractivity contribution is 0.100. The summed E-state index contributed by atoms with van der Waals surface area (Å²) in [7, 11) is 0. The highest BCUT2D eigenvalue weighted by Crippen LogP contribution is 2.34. The van der Waals surface area contributed by atoms with E-state index in [4.69, 9.17) is 5.73 Å². The average molecular weight is 351 g/mol. The van der Waals surface area contributed by atoms with E-state index < -0.39 is 5.91 Å². The zero-order valence-electron chi connectivity index (χ0n) is 13.8. The number of aromatic nitrogens is 3. The maximum Gasteiger partial charge on any atom is 0.252 e. The predicted molar refractivity (Wildman–Crippen MR) is 102 cm³/mol. The Balaban J connectivity index is 1.98. The largest absolute Gasteiger partial charge is 0.380 e. The van der Waals surface area contributed by atoms with Crippen LogP contribution in [0.15, 0.2) is 36.1 Å². The number of thiazole rings is 1. The van der Waals surface area contributed by atoms with E-state index in [9.17, 15) is 4.79 Å². The molecule has 0 unspecified atom stereocenters. The minimum absolute atomic E-state index is 0.155. The van der Waals surface area contributed by atoms with E-state index in [0.717, 1.165) is 32.4 Å². The second-order valence-electron chi connectivity index (χ2n) is 6.18. The van der Waals surface area contributed by atoms with Crippen molar-refractivity contribution in [1.82, 2.24) is 15.0 Å². The van der Waals surface area contributed by atoms with Gasteiger partial charge in [0.05, 0.1) is 32.7 Å². The number of carbonyl (C=O) groups excluding carboxylic acids is 1. The van der Waals surface area contributed by atoms with E-state index in [2.05, 4.69) is 32.4 Å². The second-order valence-corrected chi connectivity index (χ2v) is 7.07. The molecule has 3 aromatic heterocycles. The third-order valence-electron chi connectivity index (χ3n) is 4.03. The van der Waals surface area contributed by atoms with Gasteiger partial charge < -0.3 is 16.0 Å². The van der Waals surface area contributed by atoms with Gasteiger partial charge in [0, 0.05) is 29.3 Å². The first-order valence-electron chi connectivity index (χ1n) is 7.94. The van der Waals surface area contributed by atoms with Gasteiger partial charge in [0.2, 0.25) is 0 Å². The molecule has 25 heavy (non-hydrogen) atoms. The van der Waals surface area contributed by atoms with Gasteiger partial charge in [-0.25, -0.2) is 0 Å². The van der Waals surface area contributed by atoms with Gasteiger partial charge in [0.25, 0.3) is 5.91 Å². The summed E-state index contributed by atoms with van der Waals surface area (Å²) in [4.78, 5) is 24.9. The summed E-state index contributed by atoms with van der Waals surface area (Å²) in [5.74, 6) is -0.499. The van der Waals surface area contributed by atoms with Crippen molar-refractivity contribution < 1.29 is 4.79 Å². The van der Waals surface area contributed by atoms with Gasteiger partial charge in [-0.1, -0.05) is 6.07 Å². The molecule has 6 nitrogen and oxygen atoms in total. The number of primary amides is 1. The molecule has 126 valence electrons. The molecule has 3 heterocycles. The maximum absolute atomic E-state index is 11.8. The second kappa shape index (κ2) is 5.86. The number of pyridine rings is 1. The van der Waals surface area contributed by atoms with E-state index in [-0.39, 0.29) is 6.04 Å². The number of rotatable bonds is 4. The van der Waals surface area contributed by atoms with Crippen LogP contribution in [0.1, 0.15) is 24.2 Å². The number of nitrogens with one attached hydrogen (secondary N) is 2. The Labute approximate surface area is 148 Å². The number of nitrogens with zero attached hydrogens (tertiary/aromatic N) is 2. The Bertz CT molecular complexity index is 1080. The molecule has 4 aromatic rings. The van der Waals surface area contributed by atoms with Crippen molar-refractivity contribution in [3.63, 3.8) is 0 Å². The number of hydrogen-bond acceptors (Lipinski definition) is 5. The number of amides is 1. The van der Waals surface area contributed by atoms with Crippen molar-refractivity contribution in [1.29, 1.82) is 0 Å². The fourth-order valence-corrected chi connectivity index (χ4v) is 3.58. The molecule has 0 spiro atoms. The molecule has 0 aliphatic carbocycles. The summed E-state index contributed by atoms with van der Waals surface area (Å²) < 4.78 is 0. The van der Waals surface area contributed by atoms with E-state index in [1.165, 1.54) is 0 Å². The third-order valence-corrected chi connectivity index (χ3v) is 4.85. The Morgan fingerprint density at radius 1 is 1.32 bits per heavy atom. The molecule has 0 atom stereocenters. The van der Waals surface area contributed by atoms with Crippen LogP contribution in [0.2, 0.25) is 0 Å². The van der Waals surface area contributed by atoms with E-state index in [1.54, 1.807) is 17.5 Å². The SMILES string of the molecule is CC(C)Nc1c(C(N)=O)cnc2c1[nH]c1cc(-c3cncs3)ccc12. The standard InChI is InChI=1S/C18H17N5OS/c1-9(2)22-16-12(18(19)24)6-21-15-11-4-3-10(14-7-20-8-25-14)5-13(11)23-17(15)16/h3-9,23H,1-2H3,(H2,19,24)(H,21,22). The molecule has 4 rings (SSSR count). The van der Waals surface area contributed by atoms with Gasteiger partial charge in [-0.05, 0) is 31.5 Å². The number of H-pyrrole nitrogens is 1.